The summed E-state index contributed by atoms with van der Waals surface area (Å²) < 4.78 is 13.1. The van der Waals surface area contributed by atoms with Crippen LogP contribution in [-0.2, 0) is 5.75 Å². The van der Waals surface area contributed by atoms with Crippen molar-refractivity contribution < 1.29 is 9.47 Å². The average molecular weight is 462 g/mol. The zero-order chi connectivity index (χ0) is 23.0. The van der Waals surface area contributed by atoms with E-state index in [1.807, 2.05) is 83.2 Å². The Balaban J connectivity index is 1.59. The fraction of sp³-hybridized carbons (Fsp3) is 0.240. The third-order valence-electron chi connectivity index (χ3n) is 4.84. The molecule has 0 radical (unpaired) electrons. The van der Waals surface area contributed by atoms with Crippen LogP contribution in [0.25, 0.3) is 17.2 Å². The van der Waals surface area contributed by atoms with Crippen molar-refractivity contribution in [1.29, 1.82) is 0 Å². The molecule has 0 unspecified atom stereocenters. The van der Waals surface area contributed by atoms with E-state index in [-0.39, 0.29) is 0 Å². The Morgan fingerprint density at radius 2 is 1.70 bits per heavy atom. The van der Waals surface area contributed by atoms with Crippen molar-refractivity contribution in [2.45, 2.75) is 5.75 Å². The van der Waals surface area contributed by atoms with Crippen LogP contribution in [0.4, 0.5) is 0 Å². The van der Waals surface area contributed by atoms with Crippen LogP contribution < -0.4 is 9.47 Å². The van der Waals surface area contributed by atoms with Crippen molar-refractivity contribution in [3.05, 3.63) is 78.8 Å². The number of methoxy groups -OCH3 is 1. The maximum atomic E-state index is 5.92. The third kappa shape index (κ3) is 6.12. The van der Waals surface area contributed by atoms with Crippen molar-refractivity contribution in [2.75, 3.05) is 33.5 Å². The molecule has 0 saturated carbocycles. The molecule has 0 bridgehead atoms. The number of ether oxygens (including phenoxy) is 2. The number of pyridine rings is 1. The summed E-state index contributed by atoms with van der Waals surface area (Å²) in [6.07, 6.45) is 1.70. The van der Waals surface area contributed by atoms with E-state index in [4.69, 9.17) is 19.6 Å². The molecule has 0 N–H and O–H groups in total. The molecule has 0 aliphatic heterocycles. The standard InChI is InChI=1S/C25H27N5O2S/c1-29(2)15-16-33-18-24-27-25(23-17-22(31-3)13-14-26-23)28-30(24)19-9-11-21(12-10-19)32-20-7-5-4-6-8-20/h4-14,17H,15-16,18H2,1-3H3. The molecule has 2 aromatic carbocycles. The molecule has 4 aromatic rings. The summed E-state index contributed by atoms with van der Waals surface area (Å²) in [5.74, 6) is 5.48. The monoisotopic (exact) mass is 461 g/mol. The normalized spacial score (nSPS) is 11.0. The maximum Gasteiger partial charge on any atom is 0.200 e. The van der Waals surface area contributed by atoms with Gasteiger partial charge in [-0.3, -0.25) is 4.98 Å². The second-order valence-corrected chi connectivity index (χ2v) is 8.71. The van der Waals surface area contributed by atoms with E-state index < -0.39 is 0 Å². The van der Waals surface area contributed by atoms with Gasteiger partial charge in [-0.2, -0.15) is 11.8 Å². The first-order valence-corrected chi connectivity index (χ1v) is 11.8. The molecule has 7 nitrogen and oxygen atoms in total. The topological polar surface area (TPSA) is 65.3 Å². The van der Waals surface area contributed by atoms with Crippen molar-refractivity contribution in [3.8, 4) is 34.5 Å². The van der Waals surface area contributed by atoms with Crippen LogP contribution in [0.1, 0.15) is 5.82 Å². The molecule has 0 aliphatic carbocycles. The van der Waals surface area contributed by atoms with Crippen LogP contribution in [0, 0.1) is 0 Å². The molecule has 0 saturated heterocycles. The molecule has 0 atom stereocenters. The van der Waals surface area contributed by atoms with E-state index in [9.17, 15) is 0 Å². The molecule has 0 amide bonds. The lowest BCUT2D eigenvalue weighted by Crippen LogP contribution is -2.15. The second-order valence-electron chi connectivity index (χ2n) is 7.61. The Bertz CT molecular complexity index is 1160. The van der Waals surface area contributed by atoms with Crippen LogP contribution >= 0.6 is 11.8 Å². The van der Waals surface area contributed by atoms with Gasteiger partial charge in [0.1, 0.15) is 28.8 Å². The number of nitrogens with zero attached hydrogens (tertiary/aromatic N) is 5. The smallest absolute Gasteiger partial charge is 0.200 e. The van der Waals surface area contributed by atoms with Gasteiger partial charge in [-0.05, 0) is 56.6 Å². The fourth-order valence-corrected chi connectivity index (χ4v) is 4.11. The molecule has 33 heavy (non-hydrogen) atoms. The van der Waals surface area contributed by atoms with Gasteiger partial charge in [0.2, 0.25) is 5.82 Å². The first-order valence-electron chi connectivity index (χ1n) is 10.6. The van der Waals surface area contributed by atoms with Gasteiger partial charge >= 0.3 is 0 Å². The first-order chi connectivity index (χ1) is 16.1. The zero-order valence-electron chi connectivity index (χ0n) is 19.0. The van der Waals surface area contributed by atoms with E-state index in [2.05, 4.69) is 24.0 Å². The number of hydrogen-bond acceptors (Lipinski definition) is 7. The summed E-state index contributed by atoms with van der Waals surface area (Å²) >= 11 is 1.83. The Morgan fingerprint density at radius 1 is 0.939 bits per heavy atom. The highest BCUT2D eigenvalue weighted by Crippen LogP contribution is 2.25. The van der Waals surface area contributed by atoms with Crippen molar-refractivity contribution in [2.24, 2.45) is 0 Å². The Morgan fingerprint density at radius 3 is 2.42 bits per heavy atom. The van der Waals surface area contributed by atoms with Crippen LogP contribution in [0.3, 0.4) is 0 Å². The molecule has 2 heterocycles. The lowest BCUT2D eigenvalue weighted by Gasteiger charge is -2.10. The molecule has 8 heteroatoms. The minimum absolute atomic E-state index is 0.571. The highest BCUT2D eigenvalue weighted by Gasteiger charge is 2.15. The maximum absolute atomic E-state index is 5.92. The van der Waals surface area contributed by atoms with E-state index in [0.29, 0.717) is 11.5 Å². The quantitative estimate of drug-likeness (QED) is 0.310. The summed E-state index contributed by atoms with van der Waals surface area (Å²) in [4.78, 5) is 11.4. The predicted octanol–water partition coefficient (Wildman–Crippen LogP) is 4.93. The number of thioether (sulfide) groups is 1. The molecule has 0 spiro atoms. The highest BCUT2D eigenvalue weighted by atomic mass is 32.2. The first kappa shape index (κ1) is 22.8. The fourth-order valence-electron chi connectivity index (χ4n) is 3.10. The van der Waals surface area contributed by atoms with Crippen LogP contribution in [0.15, 0.2) is 72.9 Å². The van der Waals surface area contributed by atoms with Gasteiger partial charge in [-0.1, -0.05) is 18.2 Å². The van der Waals surface area contributed by atoms with E-state index >= 15 is 0 Å². The Labute approximate surface area is 198 Å². The lowest BCUT2D eigenvalue weighted by atomic mass is 10.3. The summed E-state index contributed by atoms with van der Waals surface area (Å²) in [6, 6.07) is 21.3. The second kappa shape index (κ2) is 11.0. The summed E-state index contributed by atoms with van der Waals surface area (Å²) in [7, 11) is 5.79. The van der Waals surface area contributed by atoms with E-state index in [1.54, 1.807) is 13.3 Å². The van der Waals surface area contributed by atoms with Gasteiger partial charge < -0.3 is 14.4 Å². The summed E-state index contributed by atoms with van der Waals surface area (Å²) in [5.41, 5.74) is 1.59. The van der Waals surface area contributed by atoms with Gasteiger partial charge in [-0.15, -0.1) is 5.10 Å². The van der Waals surface area contributed by atoms with Crippen molar-refractivity contribution >= 4 is 11.8 Å². The van der Waals surface area contributed by atoms with Crippen molar-refractivity contribution in [1.82, 2.24) is 24.6 Å². The Hall–Kier alpha value is -3.36. The van der Waals surface area contributed by atoms with Crippen LogP contribution in [0.2, 0.25) is 0 Å². The highest BCUT2D eigenvalue weighted by molar-refractivity contribution is 7.98. The van der Waals surface area contributed by atoms with Crippen molar-refractivity contribution in [3.63, 3.8) is 0 Å². The molecular formula is C25H27N5O2S. The number of para-hydroxylation sites is 1. The van der Waals surface area contributed by atoms with Crippen LogP contribution in [0.5, 0.6) is 17.2 Å². The van der Waals surface area contributed by atoms with Gasteiger partial charge in [0.05, 0.1) is 18.6 Å². The Kier molecular flexibility index (Phi) is 7.59. The van der Waals surface area contributed by atoms with Gasteiger partial charge in [0.15, 0.2) is 0 Å². The number of aromatic nitrogens is 4. The molecular weight excluding hydrogens is 434 g/mol. The summed E-state index contributed by atoms with van der Waals surface area (Å²) in [5, 5.41) is 4.78. The predicted molar refractivity (Wildman–Crippen MR) is 132 cm³/mol. The summed E-state index contributed by atoms with van der Waals surface area (Å²) in [6.45, 7) is 1.01. The molecule has 2 aromatic heterocycles. The zero-order valence-corrected chi connectivity index (χ0v) is 19.8. The number of benzene rings is 2. The molecule has 4 rings (SSSR count). The molecule has 0 aliphatic rings. The van der Waals surface area contributed by atoms with Gasteiger partial charge in [0.25, 0.3) is 0 Å². The largest absolute Gasteiger partial charge is 0.497 e. The minimum atomic E-state index is 0.571. The number of rotatable bonds is 10. The minimum Gasteiger partial charge on any atom is -0.497 e. The van der Waals surface area contributed by atoms with E-state index in [0.717, 1.165) is 46.8 Å². The third-order valence-corrected chi connectivity index (χ3v) is 5.78. The lowest BCUT2D eigenvalue weighted by molar-refractivity contribution is 0.414. The number of hydrogen-bond donors (Lipinski definition) is 0. The SMILES string of the molecule is COc1ccnc(-c2nc(CSCCN(C)C)n(-c3ccc(Oc4ccccc4)cc3)n2)c1. The van der Waals surface area contributed by atoms with E-state index in [1.165, 1.54) is 0 Å². The molecule has 0 fully saturated rings. The van der Waals surface area contributed by atoms with Gasteiger partial charge in [-0.25, -0.2) is 9.67 Å². The van der Waals surface area contributed by atoms with Crippen LogP contribution in [-0.4, -0.2) is 58.2 Å². The average Bonchev–Trinajstić information content (AvgIpc) is 3.27. The molecule has 170 valence electrons. The van der Waals surface area contributed by atoms with Gasteiger partial charge in [0, 0.05) is 24.6 Å².